The predicted octanol–water partition coefficient (Wildman–Crippen LogP) is 3.69. The molecule has 0 aromatic carbocycles. The lowest BCUT2D eigenvalue weighted by Gasteiger charge is -2.13. The minimum Gasteiger partial charge on any atom is -0.311 e. The Kier molecular flexibility index (Phi) is 5.04. The molecule has 2 aromatic heterocycles. The van der Waals surface area contributed by atoms with Crippen molar-refractivity contribution in [3.8, 4) is 0 Å². The minimum atomic E-state index is -0.171. The molecule has 0 radical (unpaired) electrons. The van der Waals surface area contributed by atoms with Crippen molar-refractivity contribution in [3.05, 3.63) is 33.6 Å². The maximum atomic E-state index is 12.1. The Morgan fingerprint density at radius 3 is 2.48 bits per heavy atom. The van der Waals surface area contributed by atoms with Crippen LogP contribution in [-0.4, -0.2) is 21.5 Å². The van der Waals surface area contributed by atoms with Crippen molar-refractivity contribution in [1.82, 2.24) is 9.78 Å². The molecule has 0 aliphatic carbocycles. The van der Waals surface area contributed by atoms with E-state index in [2.05, 4.69) is 31.2 Å². The van der Waals surface area contributed by atoms with Crippen molar-refractivity contribution >= 4 is 28.8 Å². The number of Topliss-reactive ketones (excluding diaryl/α,β-unsaturated/α-hetero) is 1. The lowest BCUT2D eigenvalue weighted by atomic mass is 9.92. The van der Waals surface area contributed by atoms with Gasteiger partial charge in [0.25, 0.3) is 0 Å². The van der Waals surface area contributed by atoms with Crippen LogP contribution in [-0.2, 0) is 17.3 Å². The summed E-state index contributed by atoms with van der Waals surface area (Å²) in [6.45, 7) is 8.18. The van der Waals surface area contributed by atoms with E-state index >= 15 is 0 Å². The van der Waals surface area contributed by atoms with E-state index in [0.29, 0.717) is 10.7 Å². The molecule has 1 N–H and O–H groups in total. The van der Waals surface area contributed by atoms with E-state index < -0.39 is 0 Å². The average molecular weight is 333 g/mol. The molecule has 0 spiro atoms. The summed E-state index contributed by atoms with van der Waals surface area (Å²) in [7, 11) is 1.80. The van der Waals surface area contributed by atoms with Crippen LogP contribution in [0.15, 0.2) is 18.2 Å². The zero-order chi connectivity index (χ0) is 17.2. The van der Waals surface area contributed by atoms with Crippen LogP contribution in [0, 0.1) is 6.92 Å². The number of nitrogens with one attached hydrogen (secondary N) is 1. The summed E-state index contributed by atoms with van der Waals surface area (Å²) in [5.74, 6) is 0.494. The van der Waals surface area contributed by atoms with Crippen molar-refractivity contribution in [1.29, 1.82) is 0 Å². The maximum Gasteiger partial charge on any atom is 0.225 e. The quantitative estimate of drug-likeness (QED) is 0.849. The van der Waals surface area contributed by atoms with Gasteiger partial charge < -0.3 is 5.32 Å². The highest BCUT2D eigenvalue weighted by molar-refractivity contribution is 7.14. The van der Waals surface area contributed by atoms with Gasteiger partial charge in [-0.15, -0.1) is 11.3 Å². The van der Waals surface area contributed by atoms with Gasteiger partial charge in [0.15, 0.2) is 5.78 Å². The predicted molar refractivity (Wildman–Crippen MR) is 93.2 cm³/mol. The molecular weight excluding hydrogens is 310 g/mol. The average Bonchev–Trinajstić information content (AvgIpc) is 3.03. The van der Waals surface area contributed by atoms with Crippen LogP contribution < -0.4 is 5.32 Å². The molecule has 0 bridgehead atoms. The van der Waals surface area contributed by atoms with Crippen LogP contribution >= 0.6 is 11.3 Å². The number of anilines is 1. The van der Waals surface area contributed by atoms with Gasteiger partial charge in [-0.1, -0.05) is 20.8 Å². The molecule has 5 nitrogen and oxygen atoms in total. The van der Waals surface area contributed by atoms with Crippen LogP contribution in [0.2, 0.25) is 0 Å². The molecule has 0 unspecified atom stereocenters. The number of aryl methyl sites for hydroxylation is 2. The Morgan fingerprint density at radius 1 is 1.26 bits per heavy atom. The Bertz CT molecular complexity index is 723. The molecule has 0 fully saturated rings. The maximum absolute atomic E-state index is 12.1. The zero-order valence-corrected chi connectivity index (χ0v) is 15.1. The first-order valence-electron chi connectivity index (χ1n) is 7.61. The molecule has 0 saturated carbocycles. The van der Waals surface area contributed by atoms with E-state index in [4.69, 9.17) is 0 Å². The highest BCUT2D eigenvalue weighted by Crippen LogP contribution is 2.23. The molecule has 2 aromatic rings. The molecule has 0 saturated heterocycles. The van der Waals surface area contributed by atoms with Crippen LogP contribution in [0.5, 0.6) is 0 Å². The van der Waals surface area contributed by atoms with Gasteiger partial charge in [0.05, 0.1) is 10.6 Å². The largest absolute Gasteiger partial charge is 0.311 e. The number of thiophene rings is 1. The third-order valence-electron chi connectivity index (χ3n) is 3.51. The Labute approximate surface area is 140 Å². The second-order valence-electron chi connectivity index (χ2n) is 6.67. The van der Waals surface area contributed by atoms with Gasteiger partial charge in [0.1, 0.15) is 5.82 Å². The van der Waals surface area contributed by atoms with Gasteiger partial charge >= 0.3 is 0 Å². The number of nitrogens with zero attached hydrogens (tertiary/aromatic N) is 2. The summed E-state index contributed by atoms with van der Waals surface area (Å²) in [5.41, 5.74) is 0.841. The number of carbonyl (C=O) groups is 2. The van der Waals surface area contributed by atoms with Gasteiger partial charge in [0, 0.05) is 36.2 Å². The molecule has 2 rings (SSSR count). The first-order chi connectivity index (χ1) is 10.7. The fraction of sp³-hybridized carbons (Fsp3) is 0.471. The highest BCUT2D eigenvalue weighted by atomic mass is 32.1. The summed E-state index contributed by atoms with van der Waals surface area (Å²) in [5, 5.41) is 7.24. The number of hydrogen-bond donors (Lipinski definition) is 1. The standard InChI is InChI=1S/C17H23N3O2S/c1-11-6-8-13(23-11)12(21)7-9-16(22)18-15-10-14(17(2,3)4)19-20(15)5/h6,8,10H,7,9H2,1-5H3,(H,18,22). The van der Waals surface area contributed by atoms with Crippen molar-refractivity contribution < 1.29 is 9.59 Å². The van der Waals surface area contributed by atoms with Crippen LogP contribution in [0.25, 0.3) is 0 Å². The summed E-state index contributed by atoms with van der Waals surface area (Å²) in [4.78, 5) is 25.9. The van der Waals surface area contributed by atoms with E-state index in [0.717, 1.165) is 10.6 Å². The van der Waals surface area contributed by atoms with E-state index in [1.54, 1.807) is 11.7 Å². The summed E-state index contributed by atoms with van der Waals surface area (Å²) in [6.07, 6.45) is 0.390. The highest BCUT2D eigenvalue weighted by Gasteiger charge is 2.20. The molecule has 2 heterocycles. The van der Waals surface area contributed by atoms with Crippen LogP contribution in [0.4, 0.5) is 5.82 Å². The van der Waals surface area contributed by atoms with E-state index in [1.165, 1.54) is 11.3 Å². The van der Waals surface area contributed by atoms with Gasteiger partial charge in [-0.3, -0.25) is 14.3 Å². The third-order valence-corrected chi connectivity index (χ3v) is 4.55. The van der Waals surface area contributed by atoms with Crippen molar-refractivity contribution in [2.75, 3.05) is 5.32 Å². The smallest absolute Gasteiger partial charge is 0.225 e. The van der Waals surface area contributed by atoms with E-state index in [9.17, 15) is 9.59 Å². The first-order valence-corrected chi connectivity index (χ1v) is 8.42. The normalized spacial score (nSPS) is 11.5. The summed E-state index contributed by atoms with van der Waals surface area (Å²) >= 11 is 1.46. The number of ketones is 1. The van der Waals surface area contributed by atoms with Gasteiger partial charge in [-0.2, -0.15) is 5.10 Å². The molecule has 6 heteroatoms. The Morgan fingerprint density at radius 2 is 1.96 bits per heavy atom. The molecule has 0 aliphatic rings. The topological polar surface area (TPSA) is 64.0 Å². The SMILES string of the molecule is Cc1ccc(C(=O)CCC(=O)Nc2cc(C(C)(C)C)nn2C)s1. The van der Waals surface area contributed by atoms with Crippen molar-refractivity contribution in [2.24, 2.45) is 7.05 Å². The molecule has 1 amide bonds. The van der Waals surface area contributed by atoms with E-state index in [1.807, 2.05) is 25.1 Å². The number of hydrogen-bond acceptors (Lipinski definition) is 4. The minimum absolute atomic E-state index is 0.0126. The Hall–Kier alpha value is -1.95. The lowest BCUT2D eigenvalue weighted by molar-refractivity contribution is -0.116. The molecule has 124 valence electrons. The number of rotatable bonds is 5. The first kappa shape index (κ1) is 17.4. The summed E-state index contributed by atoms with van der Waals surface area (Å²) < 4.78 is 1.66. The van der Waals surface area contributed by atoms with Crippen LogP contribution in [0.3, 0.4) is 0 Å². The van der Waals surface area contributed by atoms with Gasteiger partial charge in [0.2, 0.25) is 5.91 Å². The third kappa shape index (κ3) is 4.51. The monoisotopic (exact) mass is 333 g/mol. The zero-order valence-electron chi connectivity index (χ0n) is 14.3. The number of aromatic nitrogens is 2. The molecule has 23 heavy (non-hydrogen) atoms. The Balaban J connectivity index is 1.92. The molecule has 0 atom stereocenters. The number of carbonyl (C=O) groups excluding carboxylic acids is 2. The van der Waals surface area contributed by atoms with Crippen molar-refractivity contribution in [3.63, 3.8) is 0 Å². The van der Waals surface area contributed by atoms with Crippen molar-refractivity contribution in [2.45, 2.75) is 46.0 Å². The van der Waals surface area contributed by atoms with Gasteiger partial charge in [-0.25, -0.2) is 0 Å². The van der Waals surface area contributed by atoms with E-state index in [-0.39, 0.29) is 29.9 Å². The number of amides is 1. The molecule has 0 aliphatic heterocycles. The van der Waals surface area contributed by atoms with Crippen LogP contribution in [0.1, 0.15) is 53.9 Å². The fourth-order valence-corrected chi connectivity index (χ4v) is 2.93. The molecular formula is C17H23N3O2S. The van der Waals surface area contributed by atoms with Gasteiger partial charge in [-0.05, 0) is 19.1 Å². The second-order valence-corrected chi connectivity index (χ2v) is 7.96. The lowest BCUT2D eigenvalue weighted by Crippen LogP contribution is -2.15. The fourth-order valence-electron chi connectivity index (χ4n) is 2.09. The second kappa shape index (κ2) is 6.66. The summed E-state index contributed by atoms with van der Waals surface area (Å²) in [6, 6.07) is 5.61.